The third kappa shape index (κ3) is 3.16. The van der Waals surface area contributed by atoms with Crippen molar-refractivity contribution in [2.45, 2.75) is 6.54 Å². The van der Waals surface area contributed by atoms with Gasteiger partial charge in [0.1, 0.15) is 29.8 Å². The first kappa shape index (κ1) is 14.1. The van der Waals surface area contributed by atoms with Crippen LogP contribution >= 0.6 is 11.6 Å². The van der Waals surface area contributed by atoms with E-state index in [0.29, 0.717) is 5.75 Å². The number of hydrogen-bond acceptors (Lipinski definition) is 3. The summed E-state index contributed by atoms with van der Waals surface area (Å²) in [7, 11) is 0. The van der Waals surface area contributed by atoms with Gasteiger partial charge in [0.05, 0.1) is 11.6 Å². The average molecular weight is 293 g/mol. The molecular formula is C14H10ClFN2O2. The minimum absolute atomic E-state index is 0.0762. The average Bonchev–Trinajstić information content (AvgIpc) is 2.43. The van der Waals surface area contributed by atoms with Crippen LogP contribution in [-0.4, -0.2) is 11.2 Å². The van der Waals surface area contributed by atoms with Gasteiger partial charge in [0, 0.05) is 6.20 Å². The van der Waals surface area contributed by atoms with Crippen molar-refractivity contribution in [1.29, 1.82) is 5.26 Å². The molecule has 6 heteroatoms. The van der Waals surface area contributed by atoms with E-state index in [1.165, 1.54) is 22.8 Å². The number of nitriles is 1. The predicted octanol–water partition coefficient (Wildman–Crippen LogP) is 2.59. The monoisotopic (exact) mass is 292 g/mol. The van der Waals surface area contributed by atoms with Crippen LogP contribution < -0.4 is 10.3 Å². The van der Waals surface area contributed by atoms with Crippen molar-refractivity contribution >= 4 is 11.6 Å². The Hall–Kier alpha value is -2.32. The Bertz CT molecular complexity index is 722. The molecule has 0 aliphatic heterocycles. The zero-order valence-electron chi connectivity index (χ0n) is 10.3. The van der Waals surface area contributed by atoms with E-state index in [-0.39, 0.29) is 29.3 Å². The van der Waals surface area contributed by atoms with Crippen LogP contribution in [0.2, 0.25) is 5.02 Å². The molecule has 20 heavy (non-hydrogen) atoms. The number of hydrogen-bond donors (Lipinski definition) is 0. The van der Waals surface area contributed by atoms with Crippen LogP contribution in [-0.2, 0) is 6.54 Å². The topological polar surface area (TPSA) is 55.0 Å². The Kier molecular flexibility index (Phi) is 4.38. The van der Waals surface area contributed by atoms with E-state index < -0.39 is 5.82 Å². The molecule has 0 aliphatic carbocycles. The van der Waals surface area contributed by atoms with Crippen LogP contribution in [0, 0.1) is 17.1 Å². The van der Waals surface area contributed by atoms with E-state index in [4.69, 9.17) is 21.6 Å². The summed E-state index contributed by atoms with van der Waals surface area (Å²) in [4.78, 5) is 11.8. The van der Waals surface area contributed by atoms with Gasteiger partial charge in [0.25, 0.3) is 5.56 Å². The first-order valence-electron chi connectivity index (χ1n) is 5.79. The Morgan fingerprint density at radius 1 is 1.40 bits per heavy atom. The van der Waals surface area contributed by atoms with Gasteiger partial charge in [-0.3, -0.25) is 4.79 Å². The highest BCUT2D eigenvalue weighted by Crippen LogP contribution is 2.24. The van der Waals surface area contributed by atoms with Crippen LogP contribution in [0.5, 0.6) is 5.75 Å². The van der Waals surface area contributed by atoms with Crippen molar-refractivity contribution in [2.24, 2.45) is 0 Å². The largest absolute Gasteiger partial charge is 0.490 e. The van der Waals surface area contributed by atoms with E-state index in [1.807, 2.05) is 6.07 Å². The van der Waals surface area contributed by atoms with Gasteiger partial charge in [0.15, 0.2) is 0 Å². The van der Waals surface area contributed by atoms with Gasteiger partial charge in [-0.05, 0) is 30.3 Å². The second kappa shape index (κ2) is 6.22. The van der Waals surface area contributed by atoms with Gasteiger partial charge in [-0.2, -0.15) is 5.26 Å². The summed E-state index contributed by atoms with van der Waals surface area (Å²) in [5.41, 5.74) is -0.295. The number of nitrogens with zero attached hydrogens (tertiary/aromatic N) is 2. The molecule has 1 aromatic carbocycles. The minimum Gasteiger partial charge on any atom is -0.490 e. The molecule has 4 nitrogen and oxygen atoms in total. The summed E-state index contributed by atoms with van der Waals surface area (Å²) in [6, 6.07) is 8.71. The molecule has 1 aromatic heterocycles. The lowest BCUT2D eigenvalue weighted by Gasteiger charge is -2.09. The number of rotatable bonds is 4. The van der Waals surface area contributed by atoms with E-state index in [2.05, 4.69) is 0 Å². The Labute approximate surface area is 119 Å². The van der Waals surface area contributed by atoms with Gasteiger partial charge in [-0.25, -0.2) is 4.39 Å². The highest BCUT2D eigenvalue weighted by atomic mass is 35.5. The van der Waals surface area contributed by atoms with Crippen molar-refractivity contribution in [3.8, 4) is 11.8 Å². The second-order valence-electron chi connectivity index (χ2n) is 3.96. The van der Waals surface area contributed by atoms with Crippen molar-refractivity contribution in [3.63, 3.8) is 0 Å². The molecule has 0 saturated heterocycles. The maximum atomic E-state index is 12.9. The minimum atomic E-state index is -0.444. The fourth-order valence-electron chi connectivity index (χ4n) is 1.64. The number of pyridine rings is 1. The van der Waals surface area contributed by atoms with Crippen molar-refractivity contribution < 1.29 is 9.13 Å². The van der Waals surface area contributed by atoms with Crippen LogP contribution in [0.15, 0.2) is 41.3 Å². The number of ether oxygens (including phenoxy) is 1. The van der Waals surface area contributed by atoms with Crippen molar-refractivity contribution in [3.05, 3.63) is 63.3 Å². The standard InChI is InChI=1S/C14H10ClFN2O2/c15-12-8-11(16)3-4-13(12)20-7-6-18-5-1-2-10(9-17)14(18)19/h1-5,8H,6-7H2. The maximum Gasteiger partial charge on any atom is 0.268 e. The van der Waals surface area contributed by atoms with E-state index >= 15 is 0 Å². The fraction of sp³-hybridized carbons (Fsp3) is 0.143. The molecule has 1 heterocycles. The molecule has 0 spiro atoms. The van der Waals surface area contributed by atoms with Crippen molar-refractivity contribution in [1.82, 2.24) is 4.57 Å². The van der Waals surface area contributed by atoms with Gasteiger partial charge in [0.2, 0.25) is 0 Å². The van der Waals surface area contributed by atoms with Gasteiger partial charge in [-0.1, -0.05) is 11.6 Å². The highest BCUT2D eigenvalue weighted by Gasteiger charge is 2.05. The zero-order valence-corrected chi connectivity index (χ0v) is 11.1. The molecule has 2 aromatic rings. The van der Waals surface area contributed by atoms with Crippen LogP contribution in [0.1, 0.15) is 5.56 Å². The highest BCUT2D eigenvalue weighted by molar-refractivity contribution is 6.32. The van der Waals surface area contributed by atoms with Crippen LogP contribution in [0.3, 0.4) is 0 Å². The smallest absolute Gasteiger partial charge is 0.268 e. The summed E-state index contributed by atoms with van der Waals surface area (Å²) in [5, 5.41) is 8.93. The number of benzene rings is 1. The molecule has 0 radical (unpaired) electrons. The summed E-state index contributed by atoms with van der Waals surface area (Å²) in [6.07, 6.45) is 1.57. The summed E-state index contributed by atoms with van der Waals surface area (Å²) < 4.78 is 19.6. The van der Waals surface area contributed by atoms with E-state index in [1.54, 1.807) is 12.3 Å². The molecule has 0 fully saturated rings. The Balaban J connectivity index is 2.04. The number of aromatic nitrogens is 1. The molecule has 0 aliphatic rings. The molecule has 0 amide bonds. The van der Waals surface area contributed by atoms with Crippen LogP contribution in [0.25, 0.3) is 0 Å². The fourth-order valence-corrected chi connectivity index (χ4v) is 1.87. The van der Waals surface area contributed by atoms with Gasteiger partial charge >= 0.3 is 0 Å². The third-order valence-corrected chi connectivity index (χ3v) is 2.92. The quantitative estimate of drug-likeness (QED) is 0.870. The molecule has 0 unspecified atom stereocenters. The van der Waals surface area contributed by atoms with Crippen LogP contribution in [0.4, 0.5) is 4.39 Å². The summed E-state index contributed by atoms with van der Waals surface area (Å²) in [5.74, 6) is -0.0992. The first-order valence-corrected chi connectivity index (χ1v) is 6.17. The molecule has 0 N–H and O–H groups in total. The SMILES string of the molecule is N#Cc1cccn(CCOc2ccc(F)cc2Cl)c1=O. The lowest BCUT2D eigenvalue weighted by Crippen LogP contribution is -2.24. The maximum absolute atomic E-state index is 12.9. The second-order valence-corrected chi connectivity index (χ2v) is 4.36. The number of halogens is 2. The molecule has 0 saturated carbocycles. The Morgan fingerprint density at radius 2 is 2.20 bits per heavy atom. The molecular weight excluding hydrogens is 283 g/mol. The lowest BCUT2D eigenvalue weighted by molar-refractivity contribution is 0.296. The molecule has 0 atom stereocenters. The summed E-state index contributed by atoms with van der Waals surface area (Å²) in [6.45, 7) is 0.447. The van der Waals surface area contributed by atoms with Crippen molar-refractivity contribution in [2.75, 3.05) is 6.61 Å². The molecule has 0 bridgehead atoms. The van der Waals surface area contributed by atoms with E-state index in [0.717, 1.165) is 6.07 Å². The normalized spacial score (nSPS) is 10.1. The third-order valence-electron chi connectivity index (χ3n) is 2.62. The zero-order chi connectivity index (χ0) is 14.5. The first-order chi connectivity index (χ1) is 9.61. The summed E-state index contributed by atoms with van der Waals surface area (Å²) >= 11 is 5.81. The Morgan fingerprint density at radius 3 is 2.90 bits per heavy atom. The van der Waals surface area contributed by atoms with Gasteiger partial charge < -0.3 is 9.30 Å². The van der Waals surface area contributed by atoms with Gasteiger partial charge in [-0.15, -0.1) is 0 Å². The van der Waals surface area contributed by atoms with E-state index in [9.17, 15) is 9.18 Å². The lowest BCUT2D eigenvalue weighted by atomic mass is 10.3. The molecule has 2 rings (SSSR count). The molecule has 102 valence electrons. The predicted molar refractivity (Wildman–Crippen MR) is 72.3 cm³/mol.